The lowest BCUT2D eigenvalue weighted by molar-refractivity contribution is 0.893. The molecule has 0 amide bonds. The molecule has 0 aromatic carbocycles. The lowest BCUT2D eigenvalue weighted by Crippen LogP contribution is -1.82. The van der Waals surface area contributed by atoms with E-state index in [9.17, 15) is 0 Å². The van der Waals surface area contributed by atoms with E-state index in [-0.39, 0.29) is 0 Å². The smallest absolute Gasteiger partial charge is 0.249 e. The Morgan fingerprint density at radius 2 is 2.21 bits per heavy atom. The molecule has 70 valence electrons. The highest BCUT2D eigenvalue weighted by Crippen LogP contribution is 2.13. The quantitative estimate of drug-likeness (QED) is 0.677. The molecular formula is C9H9N5. The van der Waals surface area contributed by atoms with Crippen LogP contribution in [0.5, 0.6) is 0 Å². The zero-order chi connectivity index (χ0) is 9.80. The van der Waals surface area contributed by atoms with Crippen LogP contribution in [-0.2, 0) is 7.05 Å². The first-order chi connectivity index (χ1) is 6.86. The summed E-state index contributed by atoms with van der Waals surface area (Å²) in [6, 6.07) is 3.65. The first kappa shape index (κ1) is 8.55. The Kier molecular flexibility index (Phi) is 2.31. The van der Waals surface area contributed by atoms with Crippen LogP contribution in [0.4, 0.5) is 11.6 Å². The van der Waals surface area contributed by atoms with Gasteiger partial charge in [-0.2, -0.15) is 0 Å². The summed E-state index contributed by atoms with van der Waals surface area (Å²) in [6.07, 6.45) is 6.83. The number of hydrogen-bond donors (Lipinski definition) is 0. The maximum Gasteiger partial charge on any atom is 0.249 e. The highest BCUT2D eigenvalue weighted by atomic mass is 15.2. The van der Waals surface area contributed by atoms with Crippen LogP contribution < -0.4 is 0 Å². The van der Waals surface area contributed by atoms with Crippen LogP contribution >= 0.6 is 0 Å². The first-order valence-electron chi connectivity index (χ1n) is 4.15. The van der Waals surface area contributed by atoms with Crippen LogP contribution in [0.25, 0.3) is 0 Å². The zero-order valence-electron chi connectivity index (χ0n) is 7.70. The van der Waals surface area contributed by atoms with Crippen molar-refractivity contribution >= 4 is 11.6 Å². The van der Waals surface area contributed by atoms with E-state index in [4.69, 9.17) is 0 Å². The van der Waals surface area contributed by atoms with Gasteiger partial charge in [-0.25, -0.2) is 4.98 Å². The van der Waals surface area contributed by atoms with Gasteiger partial charge in [-0.3, -0.25) is 4.98 Å². The molecule has 0 aliphatic rings. The number of hydrogen-bond acceptors (Lipinski definition) is 4. The highest BCUT2D eigenvalue weighted by Gasteiger charge is 1.94. The number of aromatic nitrogens is 3. The van der Waals surface area contributed by atoms with Gasteiger partial charge in [0.2, 0.25) is 5.95 Å². The second-order valence-electron chi connectivity index (χ2n) is 2.75. The predicted molar refractivity (Wildman–Crippen MR) is 51.6 cm³/mol. The van der Waals surface area contributed by atoms with Crippen molar-refractivity contribution in [2.75, 3.05) is 0 Å². The Morgan fingerprint density at radius 1 is 1.29 bits per heavy atom. The lowest BCUT2D eigenvalue weighted by atomic mass is 10.4. The van der Waals surface area contributed by atoms with Crippen LogP contribution in [0, 0.1) is 0 Å². The van der Waals surface area contributed by atoms with E-state index in [1.807, 2.05) is 25.4 Å². The molecule has 0 radical (unpaired) electrons. The standard InChI is InChI=1S/C9H9N5/c1-14-6-5-11-9(14)13-12-8-3-2-4-10-7-8/h2-7H,1H3. The van der Waals surface area contributed by atoms with Crippen molar-refractivity contribution in [3.63, 3.8) is 0 Å². The number of nitrogens with zero attached hydrogens (tertiary/aromatic N) is 5. The van der Waals surface area contributed by atoms with Crippen molar-refractivity contribution in [2.45, 2.75) is 0 Å². The average Bonchev–Trinajstić information content (AvgIpc) is 2.63. The van der Waals surface area contributed by atoms with Gasteiger partial charge >= 0.3 is 0 Å². The summed E-state index contributed by atoms with van der Waals surface area (Å²) in [7, 11) is 1.87. The molecule has 2 aromatic heterocycles. The summed E-state index contributed by atoms with van der Waals surface area (Å²) in [6.45, 7) is 0. The van der Waals surface area contributed by atoms with E-state index >= 15 is 0 Å². The molecule has 0 fully saturated rings. The predicted octanol–water partition coefficient (Wildman–Crippen LogP) is 2.23. The fraction of sp³-hybridized carbons (Fsp3) is 0.111. The monoisotopic (exact) mass is 187 g/mol. The molecule has 2 aromatic rings. The number of pyridine rings is 1. The Hall–Kier alpha value is -2.04. The molecule has 0 unspecified atom stereocenters. The van der Waals surface area contributed by atoms with Crippen LogP contribution in [0.15, 0.2) is 47.1 Å². The molecule has 0 saturated heterocycles. The Morgan fingerprint density at radius 3 is 2.86 bits per heavy atom. The third kappa shape index (κ3) is 1.82. The maximum absolute atomic E-state index is 4.01. The molecule has 0 atom stereocenters. The van der Waals surface area contributed by atoms with Gasteiger partial charge in [0.05, 0.1) is 6.20 Å². The van der Waals surface area contributed by atoms with Crippen molar-refractivity contribution < 1.29 is 0 Å². The largest absolute Gasteiger partial charge is 0.317 e. The SMILES string of the molecule is Cn1ccnc1N=Nc1cccnc1. The van der Waals surface area contributed by atoms with Crippen LogP contribution in [-0.4, -0.2) is 14.5 Å². The van der Waals surface area contributed by atoms with E-state index in [1.54, 1.807) is 23.2 Å². The van der Waals surface area contributed by atoms with Gasteiger partial charge in [-0.15, -0.1) is 10.2 Å². The normalized spacial score (nSPS) is 10.9. The van der Waals surface area contributed by atoms with Crippen LogP contribution in [0.2, 0.25) is 0 Å². The summed E-state index contributed by atoms with van der Waals surface area (Å²) in [5.74, 6) is 0.578. The van der Waals surface area contributed by atoms with Gasteiger partial charge in [0, 0.05) is 25.6 Å². The minimum atomic E-state index is 0.578. The summed E-state index contributed by atoms with van der Waals surface area (Å²) >= 11 is 0. The summed E-state index contributed by atoms with van der Waals surface area (Å²) in [4.78, 5) is 7.94. The maximum atomic E-state index is 4.01. The number of aryl methyl sites for hydroxylation is 1. The minimum Gasteiger partial charge on any atom is -0.317 e. The van der Waals surface area contributed by atoms with Crippen LogP contribution in [0.3, 0.4) is 0 Å². The molecule has 14 heavy (non-hydrogen) atoms. The second kappa shape index (κ2) is 3.78. The van der Waals surface area contributed by atoms with Gasteiger partial charge in [0.15, 0.2) is 0 Å². The van der Waals surface area contributed by atoms with Crippen molar-refractivity contribution in [2.24, 2.45) is 17.3 Å². The van der Waals surface area contributed by atoms with E-state index < -0.39 is 0 Å². The van der Waals surface area contributed by atoms with E-state index in [1.165, 1.54) is 0 Å². The van der Waals surface area contributed by atoms with Gasteiger partial charge in [0.25, 0.3) is 0 Å². The fourth-order valence-corrected chi connectivity index (χ4v) is 0.969. The molecular weight excluding hydrogens is 178 g/mol. The van der Waals surface area contributed by atoms with Gasteiger partial charge in [0.1, 0.15) is 5.69 Å². The van der Waals surface area contributed by atoms with Crippen molar-refractivity contribution in [1.82, 2.24) is 14.5 Å². The zero-order valence-corrected chi connectivity index (χ0v) is 7.70. The number of rotatable bonds is 2. The number of imidazole rings is 1. The highest BCUT2D eigenvalue weighted by molar-refractivity contribution is 5.32. The van der Waals surface area contributed by atoms with Crippen molar-refractivity contribution in [1.29, 1.82) is 0 Å². The first-order valence-corrected chi connectivity index (χ1v) is 4.15. The van der Waals surface area contributed by atoms with E-state index in [0.29, 0.717) is 5.95 Å². The summed E-state index contributed by atoms with van der Waals surface area (Å²) < 4.78 is 1.79. The van der Waals surface area contributed by atoms with Gasteiger partial charge < -0.3 is 4.57 Å². The van der Waals surface area contributed by atoms with E-state index in [0.717, 1.165) is 5.69 Å². The third-order valence-electron chi connectivity index (χ3n) is 1.70. The summed E-state index contributed by atoms with van der Waals surface area (Å²) in [5.41, 5.74) is 0.718. The fourth-order valence-electron chi connectivity index (χ4n) is 0.969. The van der Waals surface area contributed by atoms with Crippen molar-refractivity contribution in [3.8, 4) is 0 Å². The molecule has 0 saturated carbocycles. The van der Waals surface area contributed by atoms with Gasteiger partial charge in [-0.1, -0.05) is 0 Å². The molecule has 0 bridgehead atoms. The topological polar surface area (TPSA) is 55.4 Å². The van der Waals surface area contributed by atoms with Crippen molar-refractivity contribution in [3.05, 3.63) is 36.9 Å². The molecule has 2 heterocycles. The Balaban J connectivity index is 2.20. The number of azo groups is 1. The third-order valence-corrected chi connectivity index (χ3v) is 1.70. The molecule has 0 N–H and O–H groups in total. The Labute approximate surface area is 81.2 Å². The van der Waals surface area contributed by atoms with Gasteiger partial charge in [-0.05, 0) is 12.1 Å². The molecule has 5 nitrogen and oxygen atoms in total. The molecule has 2 rings (SSSR count). The van der Waals surface area contributed by atoms with E-state index in [2.05, 4.69) is 20.2 Å². The van der Waals surface area contributed by atoms with Crippen LogP contribution in [0.1, 0.15) is 0 Å². The Bertz CT molecular complexity index is 431. The molecule has 0 aliphatic carbocycles. The second-order valence-corrected chi connectivity index (χ2v) is 2.75. The summed E-state index contributed by atoms with van der Waals surface area (Å²) in [5, 5.41) is 7.96. The molecule has 0 aliphatic heterocycles. The molecule has 5 heteroatoms. The molecule has 0 spiro atoms. The minimum absolute atomic E-state index is 0.578. The lowest BCUT2D eigenvalue weighted by Gasteiger charge is -1.91. The average molecular weight is 187 g/mol.